The Morgan fingerprint density at radius 3 is 2.59 bits per heavy atom. The maximum atomic E-state index is 12.6. The molecule has 0 saturated carbocycles. The molecule has 0 radical (unpaired) electrons. The maximum Gasteiger partial charge on any atom is 0.303 e. The van der Waals surface area contributed by atoms with Crippen molar-refractivity contribution >= 4 is 43.1 Å². The lowest BCUT2D eigenvalue weighted by Gasteiger charge is -2.27. The van der Waals surface area contributed by atoms with Crippen LogP contribution in [0.25, 0.3) is 0 Å². The van der Waals surface area contributed by atoms with Gasteiger partial charge in [0, 0.05) is 18.5 Å². The van der Waals surface area contributed by atoms with Gasteiger partial charge in [0.25, 0.3) is 15.9 Å². The predicted molar refractivity (Wildman–Crippen MR) is 98.6 cm³/mol. The SMILES string of the molecule is CCN[C@H]1C[C@H](C)S(=O)(=O)c2sc(S(=O)(=O)NC(=O)[C@@H](C)OC(C)=O)cc21. The first kappa shape index (κ1) is 21.8. The van der Waals surface area contributed by atoms with Crippen molar-refractivity contribution in [2.45, 2.75) is 59.9 Å². The molecule has 152 valence electrons. The summed E-state index contributed by atoms with van der Waals surface area (Å²) in [5.41, 5.74) is 0.390. The number of carbonyl (C=O) groups excluding carboxylic acids is 2. The van der Waals surface area contributed by atoms with Crippen molar-refractivity contribution in [1.82, 2.24) is 10.0 Å². The summed E-state index contributed by atoms with van der Waals surface area (Å²) >= 11 is 0.612. The number of hydrogen-bond acceptors (Lipinski definition) is 9. The van der Waals surface area contributed by atoms with E-state index < -0.39 is 43.1 Å². The van der Waals surface area contributed by atoms with Crippen molar-refractivity contribution in [3.63, 3.8) is 0 Å². The molecule has 1 amide bonds. The number of carbonyl (C=O) groups is 2. The van der Waals surface area contributed by atoms with Crippen molar-refractivity contribution in [1.29, 1.82) is 0 Å². The zero-order chi connectivity index (χ0) is 20.6. The van der Waals surface area contributed by atoms with Crippen molar-refractivity contribution in [2.75, 3.05) is 6.54 Å². The summed E-state index contributed by atoms with van der Waals surface area (Å²) in [6.07, 6.45) is -0.972. The van der Waals surface area contributed by atoms with Gasteiger partial charge in [0.2, 0.25) is 0 Å². The highest BCUT2D eigenvalue weighted by atomic mass is 32.3. The molecule has 1 aromatic heterocycles. The Hall–Kier alpha value is -1.50. The lowest BCUT2D eigenvalue weighted by atomic mass is 10.1. The van der Waals surface area contributed by atoms with Crippen molar-refractivity contribution < 1.29 is 31.2 Å². The van der Waals surface area contributed by atoms with Gasteiger partial charge in [-0.3, -0.25) is 9.59 Å². The van der Waals surface area contributed by atoms with Crippen LogP contribution in [0.15, 0.2) is 14.5 Å². The van der Waals surface area contributed by atoms with Crippen LogP contribution in [-0.4, -0.2) is 46.6 Å². The van der Waals surface area contributed by atoms with E-state index in [9.17, 15) is 26.4 Å². The Balaban J connectivity index is 2.39. The minimum Gasteiger partial charge on any atom is -0.453 e. The molecule has 27 heavy (non-hydrogen) atoms. The molecule has 0 aliphatic carbocycles. The van der Waals surface area contributed by atoms with Gasteiger partial charge in [0.1, 0.15) is 8.42 Å². The summed E-state index contributed by atoms with van der Waals surface area (Å²) in [7, 11) is -7.95. The highest BCUT2D eigenvalue weighted by Gasteiger charge is 2.40. The third-order valence-corrected chi connectivity index (χ3v) is 9.81. The predicted octanol–water partition coefficient (Wildman–Crippen LogP) is 0.721. The van der Waals surface area contributed by atoms with Gasteiger partial charge < -0.3 is 10.1 Å². The summed E-state index contributed by atoms with van der Waals surface area (Å²) in [4.78, 5) is 22.9. The highest BCUT2D eigenvalue weighted by molar-refractivity contribution is 7.95. The van der Waals surface area contributed by atoms with Crippen LogP contribution in [-0.2, 0) is 34.2 Å². The van der Waals surface area contributed by atoms with Crippen LogP contribution >= 0.6 is 11.3 Å². The Kier molecular flexibility index (Phi) is 6.34. The van der Waals surface area contributed by atoms with Gasteiger partial charge in [-0.25, -0.2) is 21.6 Å². The summed E-state index contributed by atoms with van der Waals surface area (Å²) in [6, 6.07) is 0.988. The number of esters is 1. The fraction of sp³-hybridized carbons (Fsp3) is 0.600. The van der Waals surface area contributed by atoms with Crippen LogP contribution in [0.4, 0.5) is 0 Å². The van der Waals surface area contributed by atoms with Crippen LogP contribution < -0.4 is 10.0 Å². The average molecular weight is 439 g/mol. The van der Waals surface area contributed by atoms with Gasteiger partial charge in [0.05, 0.1) is 5.25 Å². The number of fused-ring (bicyclic) bond motifs is 1. The van der Waals surface area contributed by atoms with E-state index in [4.69, 9.17) is 0 Å². The van der Waals surface area contributed by atoms with E-state index in [-0.39, 0.29) is 14.5 Å². The third kappa shape index (κ3) is 4.50. The third-order valence-electron chi connectivity index (χ3n) is 4.10. The van der Waals surface area contributed by atoms with Crippen molar-refractivity contribution in [2.24, 2.45) is 0 Å². The van der Waals surface area contributed by atoms with Gasteiger partial charge in [-0.1, -0.05) is 6.92 Å². The van der Waals surface area contributed by atoms with E-state index in [0.29, 0.717) is 29.9 Å². The molecule has 1 aliphatic rings. The number of sulfone groups is 1. The quantitative estimate of drug-likeness (QED) is 0.620. The Labute approximate surface area is 162 Å². The molecule has 0 bridgehead atoms. The average Bonchev–Trinajstić information content (AvgIpc) is 2.99. The van der Waals surface area contributed by atoms with E-state index in [1.807, 2.05) is 11.6 Å². The van der Waals surface area contributed by atoms with Gasteiger partial charge in [-0.05, 0) is 32.9 Å². The fourth-order valence-corrected chi connectivity index (χ4v) is 7.78. The first-order chi connectivity index (χ1) is 12.4. The molecule has 2 rings (SSSR count). The normalized spacial score (nSPS) is 22.5. The molecule has 12 heteroatoms. The van der Waals surface area contributed by atoms with Crippen LogP contribution in [0.3, 0.4) is 0 Å². The van der Waals surface area contributed by atoms with Crippen molar-refractivity contribution in [3.8, 4) is 0 Å². The summed E-state index contributed by atoms with van der Waals surface area (Å²) in [5.74, 6) is -1.74. The molecule has 0 saturated heterocycles. The summed E-state index contributed by atoms with van der Waals surface area (Å²) < 4.78 is 56.4. The first-order valence-corrected chi connectivity index (χ1v) is 12.1. The molecule has 2 N–H and O–H groups in total. The minimum absolute atomic E-state index is 0.00643. The van der Waals surface area contributed by atoms with Gasteiger partial charge >= 0.3 is 5.97 Å². The molecule has 0 spiro atoms. The number of thiophene rings is 1. The van der Waals surface area contributed by atoms with E-state index in [1.54, 1.807) is 6.92 Å². The number of amides is 1. The van der Waals surface area contributed by atoms with Crippen LogP contribution in [0, 0.1) is 0 Å². The number of hydrogen-bond donors (Lipinski definition) is 2. The molecule has 0 aromatic carbocycles. The number of sulfonamides is 1. The molecule has 1 aromatic rings. The standard InChI is InChI=1S/C15H22N2O7S3/c1-5-16-12-6-8(2)26(20,21)15-11(12)7-13(25-15)27(22,23)17-14(19)9(3)24-10(4)18/h7-9,12,16H,5-6H2,1-4H3,(H,17,19)/t8-,9+,12-/m0/s1. The van der Waals surface area contributed by atoms with Gasteiger partial charge in [0.15, 0.2) is 15.9 Å². The van der Waals surface area contributed by atoms with Crippen LogP contribution in [0.5, 0.6) is 0 Å². The summed E-state index contributed by atoms with van der Waals surface area (Å²) in [6.45, 7) is 6.37. The Bertz CT molecular complexity index is 950. The molecule has 3 atom stereocenters. The largest absolute Gasteiger partial charge is 0.453 e. The second kappa shape index (κ2) is 7.86. The second-order valence-corrected chi connectivity index (χ2v) is 11.8. The lowest BCUT2D eigenvalue weighted by molar-refractivity contribution is -0.152. The van der Waals surface area contributed by atoms with Crippen LogP contribution in [0.1, 0.15) is 45.7 Å². The second-order valence-electron chi connectivity index (χ2n) is 6.23. The molecular formula is C15H22N2O7S3. The molecule has 1 aliphatic heterocycles. The zero-order valence-corrected chi connectivity index (χ0v) is 17.8. The topological polar surface area (TPSA) is 136 Å². The lowest BCUT2D eigenvalue weighted by Crippen LogP contribution is -2.39. The van der Waals surface area contributed by atoms with Crippen molar-refractivity contribution in [3.05, 3.63) is 11.6 Å². The Morgan fingerprint density at radius 2 is 2.04 bits per heavy atom. The van der Waals surface area contributed by atoms with Gasteiger partial charge in [-0.2, -0.15) is 0 Å². The molecule has 9 nitrogen and oxygen atoms in total. The minimum atomic E-state index is -4.30. The maximum absolute atomic E-state index is 12.6. The number of ether oxygens (including phenoxy) is 1. The van der Waals surface area contributed by atoms with Gasteiger partial charge in [-0.15, -0.1) is 11.3 Å². The number of nitrogens with one attached hydrogen (secondary N) is 2. The fourth-order valence-electron chi connectivity index (χ4n) is 2.74. The molecule has 2 heterocycles. The van der Waals surface area contributed by atoms with E-state index in [2.05, 4.69) is 10.1 Å². The Morgan fingerprint density at radius 1 is 1.41 bits per heavy atom. The summed E-state index contributed by atoms with van der Waals surface area (Å²) in [5, 5.41) is 2.51. The molecule has 0 unspecified atom stereocenters. The number of rotatable bonds is 6. The van der Waals surface area contributed by atoms with E-state index >= 15 is 0 Å². The first-order valence-electron chi connectivity index (χ1n) is 8.25. The zero-order valence-electron chi connectivity index (χ0n) is 15.3. The van der Waals surface area contributed by atoms with E-state index in [1.165, 1.54) is 13.0 Å². The monoisotopic (exact) mass is 438 g/mol. The smallest absolute Gasteiger partial charge is 0.303 e. The van der Waals surface area contributed by atoms with Crippen LogP contribution in [0.2, 0.25) is 0 Å². The molecule has 0 fully saturated rings. The highest BCUT2D eigenvalue weighted by Crippen LogP contribution is 2.42. The molecular weight excluding hydrogens is 416 g/mol. The van der Waals surface area contributed by atoms with E-state index in [0.717, 1.165) is 6.92 Å².